The summed E-state index contributed by atoms with van der Waals surface area (Å²) in [5.41, 5.74) is 1.89. The molecule has 132 valence electrons. The minimum atomic E-state index is -0.856. The second kappa shape index (κ2) is 7.09. The molecule has 0 saturated carbocycles. The van der Waals surface area contributed by atoms with Gasteiger partial charge >= 0.3 is 5.97 Å². The quantitative estimate of drug-likeness (QED) is 0.630. The Balaban J connectivity index is 1.76. The molecular weight excluding hydrogens is 320 g/mol. The predicted molar refractivity (Wildman–Crippen MR) is 92.7 cm³/mol. The molecule has 0 bridgehead atoms. The number of carbonyl (C=O) groups excluding carboxylic acids is 3. The number of esters is 1. The third-order valence-electron chi connectivity index (χ3n) is 4.69. The molecule has 1 fully saturated rings. The van der Waals surface area contributed by atoms with E-state index in [-0.39, 0.29) is 18.9 Å². The third-order valence-corrected chi connectivity index (χ3v) is 4.69. The van der Waals surface area contributed by atoms with Gasteiger partial charge < -0.3 is 9.30 Å². The van der Waals surface area contributed by atoms with Crippen LogP contribution in [0.1, 0.15) is 25.5 Å². The van der Waals surface area contributed by atoms with Crippen molar-refractivity contribution in [2.45, 2.75) is 26.2 Å². The van der Waals surface area contributed by atoms with E-state index in [1.807, 2.05) is 41.9 Å². The first-order valence-corrected chi connectivity index (χ1v) is 8.57. The fourth-order valence-electron chi connectivity index (χ4n) is 3.35. The average molecular weight is 342 g/mol. The summed E-state index contributed by atoms with van der Waals surface area (Å²) in [7, 11) is 1.91. The van der Waals surface area contributed by atoms with Crippen molar-refractivity contribution in [1.29, 1.82) is 0 Å². The van der Waals surface area contributed by atoms with Gasteiger partial charge in [-0.25, -0.2) is 0 Å². The number of carbonyl (C=O) groups is 3. The van der Waals surface area contributed by atoms with E-state index in [2.05, 4.69) is 0 Å². The molecule has 1 aliphatic rings. The number of para-hydroxylation sites is 1. The summed E-state index contributed by atoms with van der Waals surface area (Å²) in [4.78, 5) is 38.3. The molecule has 1 aliphatic heterocycles. The van der Waals surface area contributed by atoms with E-state index in [1.165, 1.54) is 4.90 Å². The maximum absolute atomic E-state index is 12.7. The Bertz CT molecular complexity index is 824. The van der Waals surface area contributed by atoms with E-state index in [0.717, 1.165) is 16.6 Å². The molecule has 1 unspecified atom stereocenters. The van der Waals surface area contributed by atoms with Crippen molar-refractivity contribution >= 4 is 28.7 Å². The van der Waals surface area contributed by atoms with Crippen LogP contribution >= 0.6 is 0 Å². The van der Waals surface area contributed by atoms with Crippen LogP contribution in [0.5, 0.6) is 0 Å². The Kier molecular flexibility index (Phi) is 4.88. The topological polar surface area (TPSA) is 68.6 Å². The Morgan fingerprint density at radius 2 is 2.04 bits per heavy atom. The Hall–Kier alpha value is -2.63. The average Bonchev–Trinajstić information content (AvgIpc) is 2.91. The highest BCUT2D eigenvalue weighted by Gasteiger charge is 2.38. The van der Waals surface area contributed by atoms with Gasteiger partial charge in [0.25, 0.3) is 0 Å². The summed E-state index contributed by atoms with van der Waals surface area (Å²) in [5.74, 6) is -2.10. The Morgan fingerprint density at radius 1 is 1.28 bits per heavy atom. The number of benzene rings is 1. The van der Waals surface area contributed by atoms with Crippen LogP contribution in [0.15, 0.2) is 30.3 Å². The highest BCUT2D eigenvalue weighted by molar-refractivity contribution is 6.06. The van der Waals surface area contributed by atoms with Gasteiger partial charge in [-0.3, -0.25) is 19.3 Å². The molecule has 2 heterocycles. The SMILES string of the molecule is CCOC(=O)C1CCCN(C(=O)Cc2cc3ccccc3n2C)C1=O. The Labute approximate surface area is 146 Å². The van der Waals surface area contributed by atoms with Crippen LogP contribution in [0.4, 0.5) is 0 Å². The van der Waals surface area contributed by atoms with E-state index >= 15 is 0 Å². The molecule has 1 saturated heterocycles. The van der Waals surface area contributed by atoms with Gasteiger partial charge in [-0.15, -0.1) is 0 Å². The van der Waals surface area contributed by atoms with Gasteiger partial charge in [0.05, 0.1) is 13.0 Å². The van der Waals surface area contributed by atoms with Crippen molar-refractivity contribution < 1.29 is 19.1 Å². The van der Waals surface area contributed by atoms with Crippen molar-refractivity contribution in [1.82, 2.24) is 9.47 Å². The minimum Gasteiger partial charge on any atom is -0.465 e. The molecule has 3 rings (SSSR count). The number of hydrogen-bond donors (Lipinski definition) is 0. The fraction of sp³-hybridized carbons (Fsp3) is 0.421. The number of fused-ring (bicyclic) bond motifs is 1. The van der Waals surface area contributed by atoms with Gasteiger partial charge in [0, 0.05) is 24.8 Å². The maximum Gasteiger partial charge on any atom is 0.318 e. The molecule has 0 aliphatic carbocycles. The predicted octanol–water partition coefficient (Wildman–Crippen LogP) is 2.05. The zero-order valence-corrected chi connectivity index (χ0v) is 14.5. The molecular formula is C19H22N2O4. The number of aryl methyl sites for hydroxylation is 1. The van der Waals surface area contributed by atoms with Crippen molar-refractivity contribution in [3.63, 3.8) is 0 Å². The molecule has 0 N–H and O–H groups in total. The smallest absolute Gasteiger partial charge is 0.318 e. The monoisotopic (exact) mass is 342 g/mol. The van der Waals surface area contributed by atoms with E-state index < -0.39 is 17.8 Å². The lowest BCUT2D eigenvalue weighted by molar-refractivity contribution is -0.160. The number of aromatic nitrogens is 1. The first kappa shape index (κ1) is 17.2. The van der Waals surface area contributed by atoms with Gasteiger partial charge in [-0.1, -0.05) is 18.2 Å². The van der Waals surface area contributed by atoms with E-state index in [0.29, 0.717) is 19.4 Å². The number of likely N-dealkylation sites (tertiary alicyclic amines) is 1. The summed E-state index contributed by atoms with van der Waals surface area (Å²) in [6, 6.07) is 9.85. The second-order valence-electron chi connectivity index (χ2n) is 6.26. The molecule has 2 aromatic rings. The zero-order valence-electron chi connectivity index (χ0n) is 14.5. The van der Waals surface area contributed by atoms with Gasteiger partial charge in [-0.05, 0) is 37.3 Å². The van der Waals surface area contributed by atoms with Crippen molar-refractivity contribution in [2.75, 3.05) is 13.2 Å². The zero-order chi connectivity index (χ0) is 18.0. The molecule has 0 radical (unpaired) electrons. The molecule has 0 spiro atoms. The van der Waals surface area contributed by atoms with E-state index in [1.54, 1.807) is 6.92 Å². The lowest BCUT2D eigenvalue weighted by Gasteiger charge is -2.29. The van der Waals surface area contributed by atoms with Crippen LogP contribution < -0.4 is 0 Å². The van der Waals surface area contributed by atoms with Crippen molar-refractivity contribution in [2.24, 2.45) is 13.0 Å². The van der Waals surface area contributed by atoms with E-state index in [9.17, 15) is 14.4 Å². The second-order valence-corrected chi connectivity index (χ2v) is 6.26. The molecule has 6 heteroatoms. The fourth-order valence-corrected chi connectivity index (χ4v) is 3.35. The van der Waals surface area contributed by atoms with Crippen LogP contribution in [0.3, 0.4) is 0 Å². The maximum atomic E-state index is 12.7. The highest BCUT2D eigenvalue weighted by atomic mass is 16.5. The summed E-state index contributed by atoms with van der Waals surface area (Å²) < 4.78 is 6.92. The molecule has 25 heavy (non-hydrogen) atoms. The first-order valence-electron chi connectivity index (χ1n) is 8.57. The van der Waals surface area contributed by atoms with E-state index in [4.69, 9.17) is 4.74 Å². The van der Waals surface area contributed by atoms with Gasteiger partial charge in [0.2, 0.25) is 11.8 Å². The van der Waals surface area contributed by atoms with Crippen LogP contribution in [0, 0.1) is 5.92 Å². The lowest BCUT2D eigenvalue weighted by atomic mass is 9.96. The standard InChI is InChI=1S/C19H22N2O4/c1-3-25-19(24)15-8-6-10-21(18(15)23)17(22)12-14-11-13-7-4-5-9-16(13)20(14)2/h4-5,7,9,11,15H,3,6,8,10,12H2,1-2H3. The molecule has 1 aromatic heterocycles. The van der Waals surface area contributed by atoms with Crippen LogP contribution in [-0.4, -0.2) is 40.4 Å². The summed E-state index contributed by atoms with van der Waals surface area (Å²) in [6.45, 7) is 2.29. The van der Waals surface area contributed by atoms with Crippen LogP contribution in [-0.2, 0) is 32.6 Å². The van der Waals surface area contributed by atoms with Crippen molar-refractivity contribution in [3.05, 3.63) is 36.0 Å². The first-order chi connectivity index (χ1) is 12.0. The van der Waals surface area contributed by atoms with Crippen LogP contribution in [0.2, 0.25) is 0 Å². The number of ether oxygens (including phenoxy) is 1. The lowest BCUT2D eigenvalue weighted by Crippen LogP contribution is -2.48. The molecule has 1 atom stereocenters. The van der Waals surface area contributed by atoms with Crippen LogP contribution in [0.25, 0.3) is 10.9 Å². The number of hydrogen-bond acceptors (Lipinski definition) is 4. The van der Waals surface area contributed by atoms with Gasteiger partial charge in [0.1, 0.15) is 5.92 Å². The summed E-state index contributed by atoms with van der Waals surface area (Å²) >= 11 is 0. The molecule has 2 amide bonds. The van der Waals surface area contributed by atoms with Gasteiger partial charge in [-0.2, -0.15) is 0 Å². The normalized spacial score (nSPS) is 17.8. The number of piperidine rings is 1. The largest absolute Gasteiger partial charge is 0.465 e. The summed E-state index contributed by atoms with van der Waals surface area (Å²) in [5, 5.41) is 1.06. The number of nitrogens with zero attached hydrogens (tertiary/aromatic N) is 2. The van der Waals surface area contributed by atoms with Gasteiger partial charge in [0.15, 0.2) is 0 Å². The Morgan fingerprint density at radius 3 is 2.76 bits per heavy atom. The number of rotatable bonds is 4. The molecule has 1 aromatic carbocycles. The summed E-state index contributed by atoms with van der Waals surface area (Å²) in [6.07, 6.45) is 1.19. The number of amides is 2. The van der Waals surface area contributed by atoms with Crippen molar-refractivity contribution in [3.8, 4) is 0 Å². The molecule has 6 nitrogen and oxygen atoms in total. The number of imide groups is 1. The minimum absolute atomic E-state index is 0.131. The third kappa shape index (κ3) is 3.29. The highest BCUT2D eigenvalue weighted by Crippen LogP contribution is 2.22.